The number of carbonyl (C=O) groups is 1. The molecule has 0 fully saturated rings. The van der Waals surface area contributed by atoms with Crippen LogP contribution in [0.2, 0.25) is 0 Å². The third-order valence-corrected chi connectivity index (χ3v) is 3.13. The van der Waals surface area contributed by atoms with Gasteiger partial charge in [-0.05, 0) is 13.3 Å². The van der Waals surface area contributed by atoms with Gasteiger partial charge in [0, 0.05) is 13.1 Å². The fraction of sp³-hybridized carbons (Fsp3) is 0.667. The van der Waals surface area contributed by atoms with Gasteiger partial charge in [0.05, 0.1) is 6.42 Å². The van der Waals surface area contributed by atoms with Crippen molar-refractivity contribution < 1.29 is 9.90 Å². The van der Waals surface area contributed by atoms with Gasteiger partial charge in [0.15, 0.2) is 0 Å². The highest BCUT2D eigenvalue weighted by molar-refractivity contribution is 7.15. The van der Waals surface area contributed by atoms with Crippen LogP contribution in [0.15, 0.2) is 0 Å². The molecule has 84 valence electrons. The molecule has 15 heavy (non-hydrogen) atoms. The van der Waals surface area contributed by atoms with Crippen LogP contribution in [-0.4, -0.2) is 34.4 Å². The molecule has 0 aliphatic carbocycles. The number of hydrogen-bond donors (Lipinski definition) is 1. The molecular formula is C9H15N3O2S. The van der Waals surface area contributed by atoms with Crippen LogP contribution in [0.25, 0.3) is 0 Å². The first-order chi connectivity index (χ1) is 7.17. The second-order valence-electron chi connectivity index (χ2n) is 3.06. The van der Waals surface area contributed by atoms with E-state index in [-0.39, 0.29) is 6.42 Å². The van der Waals surface area contributed by atoms with Crippen LogP contribution in [0.3, 0.4) is 0 Å². The Labute approximate surface area is 92.7 Å². The predicted octanol–water partition coefficient (Wildman–Crippen LogP) is 1.40. The first-order valence-electron chi connectivity index (χ1n) is 4.96. The Hall–Kier alpha value is -1.17. The minimum atomic E-state index is -0.784. The van der Waals surface area contributed by atoms with Crippen molar-refractivity contribution in [3.63, 3.8) is 0 Å². The maximum absolute atomic E-state index is 10.5. The van der Waals surface area contributed by atoms with Gasteiger partial charge in [-0.2, -0.15) is 0 Å². The van der Waals surface area contributed by atoms with E-state index in [1.807, 2.05) is 18.7 Å². The monoisotopic (exact) mass is 229 g/mol. The van der Waals surface area contributed by atoms with Crippen molar-refractivity contribution in [2.45, 2.75) is 26.7 Å². The minimum Gasteiger partial charge on any atom is -0.481 e. The van der Waals surface area contributed by atoms with E-state index in [1.54, 1.807) is 0 Å². The number of hydrogen-bond acceptors (Lipinski definition) is 5. The van der Waals surface area contributed by atoms with E-state index < -0.39 is 5.97 Å². The number of anilines is 1. The third kappa shape index (κ3) is 3.47. The molecule has 0 aliphatic rings. The lowest BCUT2D eigenvalue weighted by molar-refractivity contribution is -0.136. The number of aryl methyl sites for hydroxylation is 1. The molecular weight excluding hydrogens is 214 g/mol. The van der Waals surface area contributed by atoms with E-state index in [0.717, 1.165) is 23.1 Å². The summed E-state index contributed by atoms with van der Waals surface area (Å²) in [6, 6.07) is 0. The van der Waals surface area contributed by atoms with Gasteiger partial charge in [0.1, 0.15) is 5.01 Å². The van der Waals surface area contributed by atoms with Crippen LogP contribution in [0.1, 0.15) is 25.3 Å². The highest BCUT2D eigenvalue weighted by Crippen LogP contribution is 2.20. The summed E-state index contributed by atoms with van der Waals surface area (Å²) in [5.41, 5.74) is 0. The maximum Gasteiger partial charge on any atom is 0.305 e. The summed E-state index contributed by atoms with van der Waals surface area (Å²) in [5, 5.41) is 18.4. The molecule has 1 aromatic heterocycles. The summed E-state index contributed by atoms with van der Waals surface area (Å²) in [5.74, 6) is -0.784. The van der Waals surface area contributed by atoms with Crippen molar-refractivity contribution in [2.75, 3.05) is 18.0 Å². The second-order valence-corrected chi connectivity index (χ2v) is 4.10. The normalized spacial score (nSPS) is 10.3. The summed E-state index contributed by atoms with van der Waals surface area (Å²) in [4.78, 5) is 12.4. The van der Waals surface area contributed by atoms with Gasteiger partial charge in [0.2, 0.25) is 5.13 Å². The molecule has 0 aliphatic heterocycles. The largest absolute Gasteiger partial charge is 0.481 e. The summed E-state index contributed by atoms with van der Waals surface area (Å²) in [6.07, 6.45) is 1.00. The molecule has 0 radical (unpaired) electrons. The SMILES string of the molecule is CCc1nnc(N(CC)CCC(=O)O)s1. The number of aliphatic carboxylic acids is 1. The Kier molecular flexibility index (Phi) is 4.48. The number of nitrogens with zero attached hydrogens (tertiary/aromatic N) is 3. The highest BCUT2D eigenvalue weighted by Gasteiger charge is 2.11. The number of carboxylic acid groups (broad SMARTS) is 1. The minimum absolute atomic E-state index is 0.134. The van der Waals surface area contributed by atoms with Gasteiger partial charge in [-0.3, -0.25) is 4.79 Å². The van der Waals surface area contributed by atoms with Crippen molar-refractivity contribution in [1.29, 1.82) is 0 Å². The summed E-state index contributed by atoms with van der Waals surface area (Å²) < 4.78 is 0. The quantitative estimate of drug-likeness (QED) is 0.798. The van der Waals surface area contributed by atoms with E-state index in [4.69, 9.17) is 5.11 Å². The van der Waals surface area contributed by atoms with E-state index in [1.165, 1.54) is 11.3 Å². The molecule has 1 aromatic rings. The molecule has 6 heteroatoms. The second kappa shape index (κ2) is 5.65. The lowest BCUT2D eigenvalue weighted by Crippen LogP contribution is -2.25. The zero-order valence-electron chi connectivity index (χ0n) is 8.93. The van der Waals surface area contributed by atoms with Crippen LogP contribution >= 0.6 is 11.3 Å². The molecule has 0 saturated heterocycles. The zero-order chi connectivity index (χ0) is 11.3. The van der Waals surface area contributed by atoms with Gasteiger partial charge in [-0.1, -0.05) is 18.3 Å². The fourth-order valence-corrected chi connectivity index (χ4v) is 2.00. The summed E-state index contributed by atoms with van der Waals surface area (Å²) in [6.45, 7) is 5.25. The van der Waals surface area contributed by atoms with Crippen LogP contribution < -0.4 is 4.90 Å². The molecule has 0 bridgehead atoms. The van der Waals surface area contributed by atoms with Crippen LogP contribution in [-0.2, 0) is 11.2 Å². The van der Waals surface area contributed by atoms with E-state index in [9.17, 15) is 4.79 Å². The Morgan fingerprint density at radius 1 is 1.47 bits per heavy atom. The molecule has 5 nitrogen and oxygen atoms in total. The molecule has 0 unspecified atom stereocenters. The van der Waals surface area contributed by atoms with Gasteiger partial charge in [-0.25, -0.2) is 0 Å². The smallest absolute Gasteiger partial charge is 0.305 e. The van der Waals surface area contributed by atoms with Crippen molar-refractivity contribution >= 4 is 22.4 Å². The number of carboxylic acids is 1. The predicted molar refractivity (Wildman–Crippen MR) is 59.4 cm³/mol. The van der Waals surface area contributed by atoms with Gasteiger partial charge >= 0.3 is 5.97 Å². The number of aromatic nitrogens is 2. The molecule has 0 spiro atoms. The molecule has 1 heterocycles. The van der Waals surface area contributed by atoms with E-state index in [0.29, 0.717) is 6.54 Å². The van der Waals surface area contributed by atoms with Crippen LogP contribution in [0, 0.1) is 0 Å². The third-order valence-electron chi connectivity index (χ3n) is 2.01. The molecule has 1 rings (SSSR count). The number of rotatable bonds is 6. The molecule has 1 N–H and O–H groups in total. The molecule has 0 atom stereocenters. The van der Waals surface area contributed by atoms with Gasteiger partial charge < -0.3 is 10.0 Å². The Morgan fingerprint density at radius 2 is 2.20 bits per heavy atom. The summed E-state index contributed by atoms with van der Waals surface area (Å²) >= 11 is 1.53. The topological polar surface area (TPSA) is 66.3 Å². The Balaban J connectivity index is 2.61. The van der Waals surface area contributed by atoms with Crippen molar-refractivity contribution in [1.82, 2.24) is 10.2 Å². The first kappa shape index (κ1) is 11.9. The molecule has 0 saturated carbocycles. The molecule has 0 amide bonds. The lowest BCUT2D eigenvalue weighted by atomic mass is 10.4. The average Bonchev–Trinajstić information content (AvgIpc) is 2.67. The zero-order valence-corrected chi connectivity index (χ0v) is 9.75. The lowest BCUT2D eigenvalue weighted by Gasteiger charge is -2.17. The molecule has 0 aromatic carbocycles. The van der Waals surface area contributed by atoms with Gasteiger partial charge in [0.25, 0.3) is 0 Å². The Bertz CT molecular complexity index is 327. The van der Waals surface area contributed by atoms with E-state index in [2.05, 4.69) is 10.2 Å². The van der Waals surface area contributed by atoms with Gasteiger partial charge in [-0.15, -0.1) is 10.2 Å². The van der Waals surface area contributed by atoms with Crippen LogP contribution in [0.5, 0.6) is 0 Å². The summed E-state index contributed by atoms with van der Waals surface area (Å²) in [7, 11) is 0. The first-order valence-corrected chi connectivity index (χ1v) is 5.78. The Morgan fingerprint density at radius 3 is 2.67 bits per heavy atom. The van der Waals surface area contributed by atoms with Crippen LogP contribution in [0.4, 0.5) is 5.13 Å². The van der Waals surface area contributed by atoms with Crippen molar-refractivity contribution in [3.8, 4) is 0 Å². The van der Waals surface area contributed by atoms with Crippen molar-refractivity contribution in [3.05, 3.63) is 5.01 Å². The fourth-order valence-electron chi connectivity index (χ4n) is 1.14. The van der Waals surface area contributed by atoms with Crippen molar-refractivity contribution in [2.24, 2.45) is 0 Å². The highest BCUT2D eigenvalue weighted by atomic mass is 32.1. The average molecular weight is 229 g/mol. The van der Waals surface area contributed by atoms with E-state index >= 15 is 0 Å². The standard InChI is InChI=1S/C9H15N3O2S/c1-3-7-10-11-9(15-7)12(4-2)6-5-8(13)14/h3-6H2,1-2H3,(H,13,14). The maximum atomic E-state index is 10.5.